The summed E-state index contributed by atoms with van der Waals surface area (Å²) in [7, 11) is 1.77. The van der Waals surface area contributed by atoms with E-state index in [0.29, 0.717) is 18.7 Å². The van der Waals surface area contributed by atoms with E-state index in [-0.39, 0.29) is 5.91 Å². The molecule has 4 nitrogen and oxygen atoms in total. The van der Waals surface area contributed by atoms with Gasteiger partial charge in [0.1, 0.15) is 0 Å². The standard InChI is InChI=1S/C12H22N2O2/c1-16-11-5-4-10(8-11)13-9-12(15)14-6-2-3-7-14/h10-11,13H,2-9H2,1H3. The van der Waals surface area contributed by atoms with E-state index >= 15 is 0 Å². The zero-order valence-electron chi connectivity index (χ0n) is 10.1. The molecule has 1 aliphatic heterocycles. The molecule has 4 heteroatoms. The van der Waals surface area contributed by atoms with Crippen molar-refractivity contribution in [1.29, 1.82) is 0 Å². The maximum Gasteiger partial charge on any atom is 0.236 e. The third-order valence-electron chi connectivity index (χ3n) is 3.72. The van der Waals surface area contributed by atoms with Gasteiger partial charge < -0.3 is 15.0 Å². The lowest BCUT2D eigenvalue weighted by atomic mass is 10.2. The second-order valence-electron chi connectivity index (χ2n) is 4.84. The largest absolute Gasteiger partial charge is 0.381 e. The van der Waals surface area contributed by atoms with Crippen molar-refractivity contribution >= 4 is 5.91 Å². The molecule has 1 N–H and O–H groups in total. The van der Waals surface area contributed by atoms with Crippen molar-refractivity contribution in [2.24, 2.45) is 0 Å². The zero-order chi connectivity index (χ0) is 11.4. The van der Waals surface area contributed by atoms with Crippen LogP contribution in [-0.4, -0.2) is 49.7 Å². The summed E-state index contributed by atoms with van der Waals surface area (Å²) in [6.45, 7) is 2.40. The van der Waals surface area contributed by atoms with Crippen LogP contribution in [0, 0.1) is 0 Å². The number of hydrogen-bond donors (Lipinski definition) is 1. The van der Waals surface area contributed by atoms with Crippen molar-refractivity contribution < 1.29 is 9.53 Å². The zero-order valence-corrected chi connectivity index (χ0v) is 10.1. The third kappa shape index (κ3) is 2.95. The molecule has 1 saturated carbocycles. The van der Waals surface area contributed by atoms with Crippen LogP contribution in [0.1, 0.15) is 32.1 Å². The molecule has 16 heavy (non-hydrogen) atoms. The van der Waals surface area contributed by atoms with Gasteiger partial charge >= 0.3 is 0 Å². The van der Waals surface area contributed by atoms with Gasteiger partial charge in [-0.3, -0.25) is 4.79 Å². The van der Waals surface area contributed by atoms with Gasteiger partial charge in [0.15, 0.2) is 0 Å². The lowest BCUT2D eigenvalue weighted by molar-refractivity contribution is -0.129. The van der Waals surface area contributed by atoms with Crippen molar-refractivity contribution in [3.8, 4) is 0 Å². The number of rotatable bonds is 4. The Hall–Kier alpha value is -0.610. The topological polar surface area (TPSA) is 41.6 Å². The van der Waals surface area contributed by atoms with Crippen LogP contribution in [0.4, 0.5) is 0 Å². The van der Waals surface area contributed by atoms with Gasteiger partial charge in [-0.15, -0.1) is 0 Å². The molecule has 0 spiro atoms. The number of likely N-dealkylation sites (tertiary alicyclic amines) is 1. The molecule has 0 radical (unpaired) electrons. The van der Waals surface area contributed by atoms with Crippen molar-refractivity contribution in [3.63, 3.8) is 0 Å². The number of hydrogen-bond acceptors (Lipinski definition) is 3. The highest BCUT2D eigenvalue weighted by Gasteiger charge is 2.25. The van der Waals surface area contributed by atoms with Gasteiger partial charge in [0.05, 0.1) is 12.6 Å². The second-order valence-corrected chi connectivity index (χ2v) is 4.84. The predicted octanol–water partition coefficient (Wildman–Crippen LogP) is 0.766. The Balaban J connectivity index is 1.65. The smallest absolute Gasteiger partial charge is 0.236 e. The molecule has 0 aromatic rings. The molecular formula is C12H22N2O2. The lowest BCUT2D eigenvalue weighted by Crippen LogP contribution is -2.39. The molecule has 0 bridgehead atoms. The fraction of sp³-hybridized carbons (Fsp3) is 0.917. The molecule has 1 amide bonds. The van der Waals surface area contributed by atoms with Gasteiger partial charge in [-0.1, -0.05) is 0 Å². The van der Waals surface area contributed by atoms with Crippen LogP contribution in [0.3, 0.4) is 0 Å². The summed E-state index contributed by atoms with van der Waals surface area (Å²) in [5.41, 5.74) is 0. The third-order valence-corrected chi connectivity index (χ3v) is 3.72. The van der Waals surface area contributed by atoms with Gasteiger partial charge in [-0.25, -0.2) is 0 Å². The van der Waals surface area contributed by atoms with Gasteiger partial charge in [0.2, 0.25) is 5.91 Å². The number of carbonyl (C=O) groups excluding carboxylic acids is 1. The Bertz CT molecular complexity index is 239. The Morgan fingerprint density at radius 3 is 2.75 bits per heavy atom. The number of ether oxygens (including phenoxy) is 1. The van der Waals surface area contributed by atoms with Crippen molar-refractivity contribution in [2.75, 3.05) is 26.7 Å². The van der Waals surface area contributed by atoms with E-state index in [4.69, 9.17) is 4.74 Å². The van der Waals surface area contributed by atoms with E-state index in [2.05, 4.69) is 5.32 Å². The SMILES string of the molecule is COC1CCC(NCC(=O)N2CCCC2)C1. The highest BCUT2D eigenvalue weighted by Crippen LogP contribution is 2.21. The minimum Gasteiger partial charge on any atom is -0.381 e. The average molecular weight is 226 g/mol. The molecular weight excluding hydrogens is 204 g/mol. The maximum atomic E-state index is 11.8. The summed E-state index contributed by atoms with van der Waals surface area (Å²) in [5.74, 6) is 0.262. The minimum atomic E-state index is 0.262. The van der Waals surface area contributed by atoms with Crippen LogP contribution < -0.4 is 5.32 Å². The van der Waals surface area contributed by atoms with Gasteiger partial charge in [-0.05, 0) is 32.1 Å². The summed E-state index contributed by atoms with van der Waals surface area (Å²) >= 11 is 0. The monoisotopic (exact) mass is 226 g/mol. The Labute approximate surface area is 97.3 Å². The molecule has 1 saturated heterocycles. The first-order valence-electron chi connectivity index (χ1n) is 6.33. The number of nitrogens with one attached hydrogen (secondary N) is 1. The second kappa shape index (κ2) is 5.64. The van der Waals surface area contributed by atoms with Crippen molar-refractivity contribution in [3.05, 3.63) is 0 Å². The number of carbonyl (C=O) groups is 1. The fourth-order valence-corrected chi connectivity index (χ4v) is 2.65. The first-order chi connectivity index (χ1) is 7.79. The number of amides is 1. The van der Waals surface area contributed by atoms with Crippen LogP contribution in [0.15, 0.2) is 0 Å². The van der Waals surface area contributed by atoms with Crippen molar-refractivity contribution in [1.82, 2.24) is 10.2 Å². The Morgan fingerprint density at radius 1 is 1.38 bits per heavy atom. The highest BCUT2D eigenvalue weighted by atomic mass is 16.5. The molecule has 1 heterocycles. The molecule has 0 aromatic carbocycles. The van der Waals surface area contributed by atoms with Crippen LogP contribution in [0.25, 0.3) is 0 Å². The fourth-order valence-electron chi connectivity index (χ4n) is 2.65. The van der Waals surface area contributed by atoms with Crippen molar-refractivity contribution in [2.45, 2.75) is 44.2 Å². The minimum absolute atomic E-state index is 0.262. The molecule has 2 aliphatic rings. The van der Waals surface area contributed by atoms with E-state index in [1.54, 1.807) is 7.11 Å². The number of methoxy groups -OCH3 is 1. The van der Waals surface area contributed by atoms with Crippen LogP contribution >= 0.6 is 0 Å². The van der Waals surface area contributed by atoms with E-state index in [0.717, 1.165) is 32.4 Å². The molecule has 2 atom stereocenters. The molecule has 2 rings (SSSR count). The lowest BCUT2D eigenvalue weighted by Gasteiger charge is -2.18. The van der Waals surface area contributed by atoms with E-state index in [1.807, 2.05) is 4.90 Å². The molecule has 0 aromatic heterocycles. The first kappa shape index (κ1) is 11.9. The van der Waals surface area contributed by atoms with E-state index < -0.39 is 0 Å². The van der Waals surface area contributed by atoms with E-state index in [9.17, 15) is 4.79 Å². The molecule has 92 valence electrons. The molecule has 2 fully saturated rings. The summed E-state index contributed by atoms with van der Waals surface area (Å²) in [6, 6.07) is 0.469. The normalized spacial score (nSPS) is 29.9. The number of nitrogens with zero attached hydrogens (tertiary/aromatic N) is 1. The predicted molar refractivity (Wildman–Crippen MR) is 62.3 cm³/mol. The molecule has 1 aliphatic carbocycles. The van der Waals surface area contributed by atoms with Gasteiger partial charge in [0.25, 0.3) is 0 Å². The Morgan fingerprint density at radius 2 is 2.12 bits per heavy atom. The first-order valence-corrected chi connectivity index (χ1v) is 6.33. The van der Waals surface area contributed by atoms with Gasteiger partial charge in [0, 0.05) is 26.2 Å². The quantitative estimate of drug-likeness (QED) is 0.769. The van der Waals surface area contributed by atoms with E-state index in [1.165, 1.54) is 12.8 Å². The maximum absolute atomic E-state index is 11.8. The van der Waals surface area contributed by atoms with Crippen LogP contribution in [0.2, 0.25) is 0 Å². The van der Waals surface area contributed by atoms with Crippen LogP contribution in [0.5, 0.6) is 0 Å². The summed E-state index contributed by atoms with van der Waals surface area (Å²) in [6.07, 6.45) is 6.02. The molecule has 2 unspecified atom stereocenters. The average Bonchev–Trinajstić information content (AvgIpc) is 2.96. The Kier molecular flexibility index (Phi) is 4.18. The summed E-state index contributed by atoms with van der Waals surface area (Å²) in [4.78, 5) is 13.8. The van der Waals surface area contributed by atoms with Crippen LogP contribution in [-0.2, 0) is 9.53 Å². The highest BCUT2D eigenvalue weighted by molar-refractivity contribution is 5.78. The summed E-state index contributed by atoms with van der Waals surface area (Å²) in [5, 5.41) is 3.35. The summed E-state index contributed by atoms with van der Waals surface area (Å²) < 4.78 is 5.31. The van der Waals surface area contributed by atoms with Gasteiger partial charge in [-0.2, -0.15) is 0 Å².